The average molecular weight is 553 g/mol. The molecule has 0 atom stereocenters. The summed E-state index contributed by atoms with van der Waals surface area (Å²) in [6.07, 6.45) is 13.9. The van der Waals surface area contributed by atoms with Crippen LogP contribution >= 0.6 is 0 Å². The first-order chi connectivity index (χ1) is 20.8. The number of aromatic nitrogens is 8. The van der Waals surface area contributed by atoms with E-state index in [1.807, 2.05) is 55.4 Å². The summed E-state index contributed by atoms with van der Waals surface area (Å²) in [4.78, 5) is 0. The predicted molar refractivity (Wildman–Crippen MR) is 156 cm³/mol. The molecule has 6 aromatic heterocycles. The number of furan rings is 2. The van der Waals surface area contributed by atoms with Gasteiger partial charge in [-0.25, -0.2) is 18.7 Å². The molecule has 0 unspecified atom stereocenters. The molecular formula is C32H24N8O2. The van der Waals surface area contributed by atoms with Crippen LogP contribution in [0.3, 0.4) is 0 Å². The standard InChI is InChI=1S/C32H24N8O2/c1-3-19-11-13-33-39(19)27-17-37(35-25(27)5-1)21-7-9-29-23(15-21)31-24-16-22(8-10-30(24)42-32(31)41-29)38-18-28-26(36-38)6-2-4-20-12-14-34-40(20)28/h7-18H,1-6H2. The SMILES string of the molecule is c1cc2n(n1)-c1cn(-c3ccc4oc5oc6ccc(-n7cc8c(n7)CCCc7ccnn7-8)cc6c5c4c3)nc1CCC2. The quantitative estimate of drug-likeness (QED) is 0.259. The fourth-order valence-corrected chi connectivity index (χ4v) is 6.70. The maximum absolute atomic E-state index is 6.17. The van der Waals surface area contributed by atoms with Crippen LogP contribution in [0.15, 0.2) is 82.2 Å². The van der Waals surface area contributed by atoms with E-state index in [9.17, 15) is 0 Å². The summed E-state index contributed by atoms with van der Waals surface area (Å²) in [6.45, 7) is 0. The lowest BCUT2D eigenvalue weighted by Gasteiger charge is -2.04. The lowest BCUT2D eigenvalue weighted by atomic mass is 10.1. The number of hydrogen-bond donors (Lipinski definition) is 0. The van der Waals surface area contributed by atoms with Gasteiger partial charge in [-0.2, -0.15) is 20.4 Å². The van der Waals surface area contributed by atoms with Gasteiger partial charge in [-0.05, 0) is 87.1 Å². The zero-order valence-corrected chi connectivity index (χ0v) is 22.6. The monoisotopic (exact) mass is 552 g/mol. The van der Waals surface area contributed by atoms with Gasteiger partial charge in [0.15, 0.2) is 0 Å². The Morgan fingerprint density at radius 3 is 1.64 bits per heavy atom. The van der Waals surface area contributed by atoms with Crippen LogP contribution in [-0.4, -0.2) is 39.1 Å². The van der Waals surface area contributed by atoms with Gasteiger partial charge in [0.1, 0.15) is 22.5 Å². The minimum atomic E-state index is 0.518. The summed E-state index contributed by atoms with van der Waals surface area (Å²) in [7, 11) is 0. The fourth-order valence-electron chi connectivity index (χ4n) is 6.70. The molecule has 10 heteroatoms. The van der Waals surface area contributed by atoms with Gasteiger partial charge in [0.05, 0.1) is 40.5 Å². The van der Waals surface area contributed by atoms with Crippen molar-refractivity contribution in [2.45, 2.75) is 38.5 Å². The molecule has 0 bridgehead atoms. The summed E-state index contributed by atoms with van der Waals surface area (Å²) >= 11 is 0. The molecule has 8 heterocycles. The molecule has 0 saturated heterocycles. The summed E-state index contributed by atoms with van der Waals surface area (Å²) in [5.74, 6) is 0.518. The normalized spacial score (nSPS) is 14.6. The molecule has 8 aromatic rings. The first-order valence-corrected chi connectivity index (χ1v) is 14.4. The van der Waals surface area contributed by atoms with Crippen molar-refractivity contribution in [3.8, 4) is 22.7 Å². The minimum Gasteiger partial charge on any atom is -0.425 e. The van der Waals surface area contributed by atoms with Crippen molar-refractivity contribution in [1.82, 2.24) is 39.1 Å². The van der Waals surface area contributed by atoms with Crippen molar-refractivity contribution < 1.29 is 8.83 Å². The highest BCUT2D eigenvalue weighted by Crippen LogP contribution is 2.39. The molecule has 0 aliphatic carbocycles. The first-order valence-electron chi connectivity index (χ1n) is 14.4. The van der Waals surface area contributed by atoms with Crippen molar-refractivity contribution in [3.63, 3.8) is 0 Å². The van der Waals surface area contributed by atoms with E-state index in [0.29, 0.717) is 5.78 Å². The van der Waals surface area contributed by atoms with Gasteiger partial charge in [0.25, 0.3) is 5.78 Å². The Morgan fingerprint density at radius 2 is 1.12 bits per heavy atom. The van der Waals surface area contributed by atoms with Crippen molar-refractivity contribution in [2.75, 3.05) is 0 Å². The average Bonchev–Trinajstić information content (AvgIpc) is 3.83. The highest BCUT2D eigenvalue weighted by molar-refractivity contribution is 6.18. The molecule has 0 radical (unpaired) electrons. The summed E-state index contributed by atoms with van der Waals surface area (Å²) < 4.78 is 20.3. The van der Waals surface area contributed by atoms with Crippen molar-refractivity contribution in [2.24, 2.45) is 0 Å². The number of fused-ring (bicyclic) bond motifs is 11. The van der Waals surface area contributed by atoms with Crippen LogP contribution in [0.4, 0.5) is 0 Å². The van der Waals surface area contributed by atoms with Crippen LogP contribution in [0, 0.1) is 0 Å². The van der Waals surface area contributed by atoms with Crippen molar-refractivity contribution in [3.05, 3.63) is 96.1 Å². The molecule has 2 aromatic carbocycles. The van der Waals surface area contributed by atoms with Gasteiger partial charge in [-0.1, -0.05) is 0 Å². The van der Waals surface area contributed by atoms with E-state index in [0.717, 1.165) is 100.0 Å². The number of rotatable bonds is 2. The Hall–Kier alpha value is -5.38. The first kappa shape index (κ1) is 22.3. The molecule has 10 rings (SSSR count). The zero-order chi connectivity index (χ0) is 27.4. The van der Waals surface area contributed by atoms with Gasteiger partial charge in [0, 0.05) is 34.6 Å². The van der Waals surface area contributed by atoms with Crippen LogP contribution in [0.25, 0.3) is 55.9 Å². The molecule has 42 heavy (non-hydrogen) atoms. The molecular weight excluding hydrogens is 528 g/mol. The molecule has 2 aliphatic heterocycles. The Kier molecular flexibility index (Phi) is 4.30. The highest BCUT2D eigenvalue weighted by Gasteiger charge is 2.22. The molecule has 0 N–H and O–H groups in total. The van der Waals surface area contributed by atoms with E-state index in [4.69, 9.17) is 19.0 Å². The second-order valence-corrected chi connectivity index (χ2v) is 11.2. The third kappa shape index (κ3) is 3.09. The predicted octanol–water partition coefficient (Wildman–Crippen LogP) is 6.05. The van der Waals surface area contributed by atoms with Crippen LogP contribution in [0.1, 0.15) is 35.6 Å². The van der Waals surface area contributed by atoms with Gasteiger partial charge < -0.3 is 8.83 Å². The highest BCUT2D eigenvalue weighted by atomic mass is 16.5. The van der Waals surface area contributed by atoms with Crippen molar-refractivity contribution >= 4 is 33.1 Å². The molecule has 0 spiro atoms. The zero-order valence-electron chi connectivity index (χ0n) is 22.6. The Labute approximate surface area is 238 Å². The van der Waals surface area contributed by atoms with Crippen molar-refractivity contribution in [1.29, 1.82) is 0 Å². The third-order valence-electron chi connectivity index (χ3n) is 8.73. The van der Waals surface area contributed by atoms with Crippen LogP contribution in [-0.2, 0) is 25.7 Å². The van der Waals surface area contributed by atoms with E-state index in [1.54, 1.807) is 0 Å². The lowest BCUT2D eigenvalue weighted by Crippen LogP contribution is -2.00. The van der Waals surface area contributed by atoms with Crippen LogP contribution < -0.4 is 0 Å². The maximum atomic E-state index is 6.17. The molecule has 204 valence electrons. The van der Waals surface area contributed by atoms with E-state index in [2.05, 4.69) is 46.9 Å². The molecule has 10 nitrogen and oxygen atoms in total. The van der Waals surface area contributed by atoms with E-state index >= 15 is 0 Å². The van der Waals surface area contributed by atoms with Crippen LogP contribution in [0.2, 0.25) is 0 Å². The Bertz CT molecular complexity index is 2180. The fraction of sp³-hybridized carbons (Fsp3) is 0.188. The number of nitrogens with zero attached hydrogens (tertiary/aromatic N) is 8. The van der Waals surface area contributed by atoms with E-state index < -0.39 is 0 Å². The van der Waals surface area contributed by atoms with Gasteiger partial charge in [-0.3, -0.25) is 0 Å². The summed E-state index contributed by atoms with van der Waals surface area (Å²) in [5.41, 5.74) is 10.1. The summed E-state index contributed by atoms with van der Waals surface area (Å²) in [6, 6.07) is 16.5. The Balaban J connectivity index is 1.11. The second-order valence-electron chi connectivity index (χ2n) is 11.2. The number of aryl methyl sites for hydroxylation is 4. The van der Waals surface area contributed by atoms with Crippen LogP contribution in [0.5, 0.6) is 0 Å². The van der Waals surface area contributed by atoms with E-state index in [-0.39, 0.29) is 0 Å². The van der Waals surface area contributed by atoms with E-state index in [1.165, 1.54) is 11.4 Å². The number of benzene rings is 2. The van der Waals surface area contributed by atoms with Gasteiger partial charge in [0.2, 0.25) is 0 Å². The van der Waals surface area contributed by atoms with Gasteiger partial charge in [-0.15, -0.1) is 0 Å². The second kappa shape index (κ2) is 8.10. The smallest absolute Gasteiger partial charge is 0.299 e. The maximum Gasteiger partial charge on any atom is 0.299 e. The topological polar surface area (TPSA) is 97.6 Å². The largest absolute Gasteiger partial charge is 0.425 e. The molecule has 0 saturated carbocycles. The van der Waals surface area contributed by atoms with Gasteiger partial charge >= 0.3 is 0 Å². The molecule has 2 aliphatic rings. The summed E-state index contributed by atoms with van der Waals surface area (Å²) in [5, 5.41) is 22.0. The molecule has 0 amide bonds. The lowest BCUT2D eigenvalue weighted by molar-refractivity contribution is 0.524. The minimum absolute atomic E-state index is 0.518. The molecule has 0 fully saturated rings. The third-order valence-corrected chi connectivity index (χ3v) is 8.73. The number of hydrogen-bond acceptors (Lipinski definition) is 6. The Morgan fingerprint density at radius 1 is 0.595 bits per heavy atom.